The van der Waals surface area contributed by atoms with Crippen LogP contribution >= 0.6 is 23.2 Å². The highest BCUT2D eigenvalue weighted by Crippen LogP contribution is 2.23. The van der Waals surface area contributed by atoms with E-state index in [0.29, 0.717) is 15.6 Å². The van der Waals surface area contributed by atoms with Gasteiger partial charge >= 0.3 is 0 Å². The zero-order valence-electron chi connectivity index (χ0n) is 9.18. The second-order valence-electron chi connectivity index (χ2n) is 3.69. The molecule has 0 unspecified atom stereocenters. The van der Waals surface area contributed by atoms with Crippen LogP contribution in [0.25, 0.3) is 0 Å². The first-order valence-electron chi connectivity index (χ1n) is 5.20. The zero-order valence-corrected chi connectivity index (χ0v) is 10.7. The van der Waals surface area contributed by atoms with Crippen LogP contribution in [0, 0.1) is 11.6 Å². The summed E-state index contributed by atoms with van der Waals surface area (Å²) >= 11 is 11.7. The molecule has 5 heteroatoms. The summed E-state index contributed by atoms with van der Waals surface area (Å²) in [6.45, 7) is 0.216. The Labute approximate surface area is 113 Å². The highest BCUT2D eigenvalue weighted by atomic mass is 35.5. The van der Waals surface area contributed by atoms with E-state index in [1.165, 1.54) is 18.2 Å². The predicted octanol–water partition coefficient (Wildman–Crippen LogP) is 4.88. The van der Waals surface area contributed by atoms with Crippen LogP contribution in [0.4, 0.5) is 14.5 Å². The summed E-state index contributed by atoms with van der Waals surface area (Å²) < 4.78 is 26.7. The predicted molar refractivity (Wildman–Crippen MR) is 70.1 cm³/mol. The highest BCUT2D eigenvalue weighted by Gasteiger charge is 2.08. The Morgan fingerprint density at radius 2 is 1.67 bits per heavy atom. The minimum Gasteiger partial charge on any atom is -0.376 e. The molecule has 0 aliphatic rings. The monoisotopic (exact) mass is 287 g/mol. The Morgan fingerprint density at radius 3 is 2.28 bits per heavy atom. The van der Waals surface area contributed by atoms with Crippen molar-refractivity contribution in [3.63, 3.8) is 0 Å². The normalized spacial score (nSPS) is 10.4. The molecule has 2 aromatic carbocycles. The molecule has 0 aliphatic heterocycles. The zero-order chi connectivity index (χ0) is 13.1. The summed E-state index contributed by atoms with van der Waals surface area (Å²) in [5, 5.41) is 3.65. The van der Waals surface area contributed by atoms with E-state index >= 15 is 0 Å². The molecule has 0 bridgehead atoms. The van der Waals surface area contributed by atoms with Crippen molar-refractivity contribution in [2.24, 2.45) is 0 Å². The fourth-order valence-corrected chi connectivity index (χ4v) is 1.99. The van der Waals surface area contributed by atoms with E-state index < -0.39 is 11.6 Å². The lowest BCUT2D eigenvalue weighted by Crippen LogP contribution is -2.04. The van der Waals surface area contributed by atoms with Crippen molar-refractivity contribution >= 4 is 28.9 Å². The van der Waals surface area contributed by atoms with E-state index in [2.05, 4.69) is 5.32 Å². The van der Waals surface area contributed by atoms with Crippen molar-refractivity contribution in [2.45, 2.75) is 6.54 Å². The Bertz CT molecular complexity index is 553. The molecule has 0 aliphatic carbocycles. The molecule has 2 rings (SSSR count). The first kappa shape index (κ1) is 13.1. The average molecular weight is 288 g/mol. The van der Waals surface area contributed by atoms with E-state index in [9.17, 15) is 8.78 Å². The summed E-state index contributed by atoms with van der Waals surface area (Å²) in [6, 6.07) is 8.64. The summed E-state index contributed by atoms with van der Waals surface area (Å²) in [4.78, 5) is 0. The molecule has 0 aromatic heterocycles. The van der Waals surface area contributed by atoms with Gasteiger partial charge in [-0.25, -0.2) is 8.78 Å². The van der Waals surface area contributed by atoms with Gasteiger partial charge in [0.2, 0.25) is 0 Å². The molecule has 0 radical (unpaired) electrons. The standard InChI is InChI=1S/C13H9Cl2F2N/c14-9-5-4-8(10(15)6-9)7-18-13-11(16)2-1-3-12(13)17/h1-6,18H,7H2. The molecule has 1 N–H and O–H groups in total. The number of anilines is 1. The van der Waals surface area contributed by atoms with Crippen LogP contribution in [0.3, 0.4) is 0 Å². The van der Waals surface area contributed by atoms with Crippen molar-refractivity contribution in [1.82, 2.24) is 0 Å². The molecule has 18 heavy (non-hydrogen) atoms. The third-order valence-electron chi connectivity index (χ3n) is 2.43. The van der Waals surface area contributed by atoms with Crippen molar-refractivity contribution < 1.29 is 8.78 Å². The number of benzene rings is 2. The lowest BCUT2D eigenvalue weighted by atomic mass is 10.2. The summed E-state index contributed by atoms with van der Waals surface area (Å²) in [7, 11) is 0. The minimum atomic E-state index is -0.639. The van der Waals surface area contributed by atoms with Gasteiger partial charge in [-0.2, -0.15) is 0 Å². The summed E-state index contributed by atoms with van der Waals surface area (Å²) in [6.07, 6.45) is 0. The fraction of sp³-hybridized carbons (Fsp3) is 0.0769. The van der Waals surface area contributed by atoms with Crippen LogP contribution in [0.15, 0.2) is 36.4 Å². The molecular weight excluding hydrogens is 279 g/mol. The summed E-state index contributed by atoms with van der Waals surface area (Å²) in [5.41, 5.74) is 0.548. The Morgan fingerprint density at radius 1 is 1.00 bits per heavy atom. The Balaban J connectivity index is 2.16. The van der Waals surface area contributed by atoms with Gasteiger partial charge in [-0.1, -0.05) is 35.3 Å². The van der Waals surface area contributed by atoms with Gasteiger partial charge in [-0.05, 0) is 29.8 Å². The van der Waals surface area contributed by atoms with Crippen molar-refractivity contribution in [1.29, 1.82) is 0 Å². The maximum Gasteiger partial charge on any atom is 0.149 e. The number of rotatable bonds is 3. The molecule has 2 aromatic rings. The maximum absolute atomic E-state index is 13.4. The van der Waals surface area contributed by atoms with Crippen LogP contribution in [0.5, 0.6) is 0 Å². The van der Waals surface area contributed by atoms with Gasteiger partial charge in [0.25, 0.3) is 0 Å². The third kappa shape index (κ3) is 2.92. The molecule has 0 atom stereocenters. The maximum atomic E-state index is 13.4. The Hall–Kier alpha value is -1.32. The van der Waals surface area contributed by atoms with Crippen molar-refractivity contribution in [3.8, 4) is 0 Å². The van der Waals surface area contributed by atoms with Crippen LogP contribution in [-0.2, 0) is 6.54 Å². The smallest absolute Gasteiger partial charge is 0.149 e. The number of nitrogens with one attached hydrogen (secondary N) is 1. The van der Waals surface area contributed by atoms with Crippen molar-refractivity contribution in [3.05, 3.63) is 63.6 Å². The fourth-order valence-electron chi connectivity index (χ4n) is 1.52. The van der Waals surface area contributed by atoms with E-state index in [4.69, 9.17) is 23.2 Å². The number of para-hydroxylation sites is 1. The number of hydrogen-bond acceptors (Lipinski definition) is 1. The van der Waals surface area contributed by atoms with Gasteiger partial charge < -0.3 is 5.32 Å². The molecule has 0 spiro atoms. The largest absolute Gasteiger partial charge is 0.376 e. The average Bonchev–Trinajstić information content (AvgIpc) is 2.31. The quantitative estimate of drug-likeness (QED) is 0.848. The van der Waals surface area contributed by atoms with Crippen LogP contribution < -0.4 is 5.32 Å². The van der Waals surface area contributed by atoms with Crippen LogP contribution in [0.2, 0.25) is 10.0 Å². The van der Waals surface area contributed by atoms with E-state index in [1.807, 2.05) is 0 Å². The summed E-state index contributed by atoms with van der Waals surface area (Å²) in [5.74, 6) is -1.28. The van der Waals surface area contributed by atoms with Gasteiger partial charge in [0.05, 0.1) is 0 Å². The van der Waals surface area contributed by atoms with Gasteiger partial charge in [0.1, 0.15) is 17.3 Å². The molecular formula is C13H9Cl2F2N. The number of hydrogen-bond donors (Lipinski definition) is 1. The Kier molecular flexibility index (Phi) is 4.04. The van der Waals surface area contributed by atoms with Gasteiger partial charge in [-0.3, -0.25) is 0 Å². The highest BCUT2D eigenvalue weighted by molar-refractivity contribution is 6.35. The van der Waals surface area contributed by atoms with Gasteiger partial charge in [-0.15, -0.1) is 0 Å². The van der Waals surface area contributed by atoms with E-state index in [-0.39, 0.29) is 12.2 Å². The molecule has 0 amide bonds. The van der Waals surface area contributed by atoms with Crippen molar-refractivity contribution in [2.75, 3.05) is 5.32 Å². The molecule has 0 fully saturated rings. The molecule has 0 saturated carbocycles. The van der Waals surface area contributed by atoms with E-state index in [1.54, 1.807) is 18.2 Å². The number of halogens is 4. The lowest BCUT2D eigenvalue weighted by Gasteiger charge is -2.10. The molecule has 0 saturated heterocycles. The molecule has 0 heterocycles. The van der Waals surface area contributed by atoms with Gasteiger partial charge in [0, 0.05) is 16.6 Å². The third-order valence-corrected chi connectivity index (χ3v) is 3.02. The molecule has 1 nitrogen and oxygen atoms in total. The minimum absolute atomic E-state index is 0.163. The van der Waals surface area contributed by atoms with Gasteiger partial charge in [0.15, 0.2) is 0 Å². The lowest BCUT2D eigenvalue weighted by molar-refractivity contribution is 0.588. The first-order valence-corrected chi connectivity index (χ1v) is 5.95. The second-order valence-corrected chi connectivity index (χ2v) is 4.53. The van der Waals surface area contributed by atoms with E-state index in [0.717, 1.165) is 0 Å². The molecule has 94 valence electrons. The topological polar surface area (TPSA) is 12.0 Å². The van der Waals surface area contributed by atoms with Crippen LogP contribution in [0.1, 0.15) is 5.56 Å². The first-order chi connectivity index (χ1) is 8.58. The second kappa shape index (κ2) is 5.55. The SMILES string of the molecule is Fc1cccc(F)c1NCc1ccc(Cl)cc1Cl. The van der Waals surface area contributed by atoms with Crippen LogP contribution in [-0.4, -0.2) is 0 Å².